The largest absolute Gasteiger partial charge is 0.467 e. The van der Waals surface area contributed by atoms with Gasteiger partial charge in [-0.2, -0.15) is 0 Å². The number of esters is 2. The van der Waals surface area contributed by atoms with Gasteiger partial charge in [-0.05, 0) is 38.3 Å². The quantitative estimate of drug-likeness (QED) is 0.702. The Labute approximate surface area is 153 Å². The van der Waals surface area contributed by atoms with E-state index < -0.39 is 29.6 Å². The number of amides is 1. The minimum atomic E-state index is -1.06. The van der Waals surface area contributed by atoms with Gasteiger partial charge in [0.2, 0.25) is 5.91 Å². The number of nitrogens with one attached hydrogen (secondary N) is 2. The predicted molar refractivity (Wildman–Crippen MR) is 95.3 cm³/mol. The molecule has 1 aromatic rings. The molecule has 1 saturated heterocycles. The first-order chi connectivity index (χ1) is 12.4. The Hall–Kier alpha value is -2.41. The predicted octanol–water partition coefficient (Wildman–Crippen LogP) is 0.961. The van der Waals surface area contributed by atoms with Crippen LogP contribution in [0.2, 0.25) is 0 Å². The molecule has 0 radical (unpaired) electrons. The van der Waals surface area contributed by atoms with E-state index in [0.717, 1.165) is 18.5 Å². The van der Waals surface area contributed by atoms with Gasteiger partial charge in [0, 0.05) is 6.92 Å². The maximum atomic E-state index is 13.1. The Morgan fingerprint density at radius 3 is 2.50 bits per heavy atom. The van der Waals surface area contributed by atoms with E-state index in [0.29, 0.717) is 12.8 Å². The second-order valence-corrected chi connectivity index (χ2v) is 6.56. The van der Waals surface area contributed by atoms with Gasteiger partial charge in [0.1, 0.15) is 11.6 Å². The van der Waals surface area contributed by atoms with Crippen molar-refractivity contribution in [3.8, 4) is 0 Å². The van der Waals surface area contributed by atoms with E-state index in [9.17, 15) is 14.4 Å². The van der Waals surface area contributed by atoms with Gasteiger partial charge in [-0.1, -0.05) is 30.3 Å². The van der Waals surface area contributed by atoms with Gasteiger partial charge in [0.05, 0.1) is 7.11 Å². The van der Waals surface area contributed by atoms with Crippen molar-refractivity contribution in [2.45, 2.75) is 50.8 Å². The van der Waals surface area contributed by atoms with Crippen molar-refractivity contribution in [2.75, 3.05) is 13.7 Å². The summed E-state index contributed by atoms with van der Waals surface area (Å²) in [7, 11) is 1.23. The van der Waals surface area contributed by atoms with E-state index in [4.69, 9.17) is 9.47 Å². The fraction of sp³-hybridized carbons (Fsp3) is 0.526. The first-order valence-corrected chi connectivity index (χ1v) is 8.73. The second-order valence-electron chi connectivity index (χ2n) is 6.56. The number of hydrogen-bond acceptors (Lipinski definition) is 6. The molecule has 1 aliphatic rings. The topological polar surface area (TPSA) is 93.7 Å². The van der Waals surface area contributed by atoms with Crippen LogP contribution in [0.1, 0.15) is 32.3 Å². The molecule has 0 saturated carbocycles. The van der Waals surface area contributed by atoms with Crippen LogP contribution in [0.4, 0.5) is 0 Å². The van der Waals surface area contributed by atoms with Crippen molar-refractivity contribution < 1.29 is 23.9 Å². The maximum Gasteiger partial charge on any atom is 0.332 e. The third-order valence-electron chi connectivity index (χ3n) is 4.59. The molecule has 2 N–H and O–H groups in total. The molecule has 3 atom stereocenters. The van der Waals surface area contributed by atoms with Crippen molar-refractivity contribution in [3.63, 3.8) is 0 Å². The summed E-state index contributed by atoms with van der Waals surface area (Å²) in [6.45, 7) is 3.53. The summed E-state index contributed by atoms with van der Waals surface area (Å²) >= 11 is 0. The molecule has 0 bridgehead atoms. The number of rotatable bonds is 7. The van der Waals surface area contributed by atoms with E-state index in [2.05, 4.69) is 10.6 Å². The highest BCUT2D eigenvalue weighted by molar-refractivity contribution is 5.91. The van der Waals surface area contributed by atoms with E-state index in [-0.39, 0.29) is 5.91 Å². The molecule has 1 heterocycles. The van der Waals surface area contributed by atoms with Crippen LogP contribution in [0, 0.1) is 0 Å². The molecule has 0 spiro atoms. The van der Waals surface area contributed by atoms with Crippen molar-refractivity contribution in [2.24, 2.45) is 0 Å². The van der Waals surface area contributed by atoms with Crippen molar-refractivity contribution in [1.29, 1.82) is 0 Å². The number of carbonyl (C=O) groups is 3. The van der Waals surface area contributed by atoms with E-state index in [1.165, 1.54) is 14.0 Å². The van der Waals surface area contributed by atoms with Gasteiger partial charge in [-0.15, -0.1) is 0 Å². The Balaban J connectivity index is 2.18. The van der Waals surface area contributed by atoms with E-state index >= 15 is 0 Å². The zero-order chi connectivity index (χ0) is 19.2. The summed E-state index contributed by atoms with van der Waals surface area (Å²) in [5.74, 6) is -1.48. The molecule has 0 aliphatic carbocycles. The molecule has 1 amide bonds. The number of carbonyl (C=O) groups excluding carboxylic acids is 3. The van der Waals surface area contributed by atoms with Gasteiger partial charge in [0.25, 0.3) is 0 Å². The highest BCUT2D eigenvalue weighted by Crippen LogP contribution is 2.25. The smallest absolute Gasteiger partial charge is 0.332 e. The third-order valence-corrected chi connectivity index (χ3v) is 4.59. The molecular weight excluding hydrogens is 336 g/mol. The third kappa shape index (κ3) is 4.82. The SMILES string of the molecule is COC(=O)[C@@H](NC(=O)[C@@]1(Cc2ccccc2)CCCN1)[C@@H](C)OC(C)=O. The fourth-order valence-electron chi connectivity index (χ4n) is 3.28. The van der Waals surface area contributed by atoms with E-state index in [1.807, 2.05) is 30.3 Å². The van der Waals surface area contributed by atoms with Crippen LogP contribution < -0.4 is 10.6 Å². The molecule has 26 heavy (non-hydrogen) atoms. The highest BCUT2D eigenvalue weighted by atomic mass is 16.6. The lowest BCUT2D eigenvalue weighted by Gasteiger charge is -2.31. The lowest BCUT2D eigenvalue weighted by atomic mass is 9.88. The van der Waals surface area contributed by atoms with Gasteiger partial charge in [-0.3, -0.25) is 9.59 Å². The molecule has 7 heteroatoms. The summed E-state index contributed by atoms with van der Waals surface area (Å²) < 4.78 is 9.84. The summed E-state index contributed by atoms with van der Waals surface area (Å²) in [5, 5.41) is 6.01. The normalized spacial score (nSPS) is 21.5. The monoisotopic (exact) mass is 362 g/mol. The summed E-state index contributed by atoms with van der Waals surface area (Å²) in [4.78, 5) is 36.4. The van der Waals surface area contributed by atoms with Crippen molar-refractivity contribution >= 4 is 17.8 Å². The molecule has 1 aliphatic heterocycles. The van der Waals surface area contributed by atoms with Gasteiger partial charge < -0.3 is 20.1 Å². The zero-order valence-electron chi connectivity index (χ0n) is 15.4. The Bertz CT molecular complexity index is 641. The molecule has 0 aromatic heterocycles. The Morgan fingerprint density at radius 1 is 1.27 bits per heavy atom. The second kappa shape index (κ2) is 8.80. The zero-order valence-corrected chi connectivity index (χ0v) is 15.4. The molecule has 1 fully saturated rings. The minimum absolute atomic E-state index is 0.298. The highest BCUT2D eigenvalue weighted by Gasteiger charge is 2.43. The van der Waals surface area contributed by atoms with Crippen LogP contribution >= 0.6 is 0 Å². The first-order valence-electron chi connectivity index (χ1n) is 8.73. The van der Waals surface area contributed by atoms with Crippen molar-refractivity contribution in [1.82, 2.24) is 10.6 Å². The number of methoxy groups -OCH3 is 1. The van der Waals surface area contributed by atoms with Crippen LogP contribution in [0.15, 0.2) is 30.3 Å². The molecular formula is C19H26N2O5. The first kappa shape index (κ1) is 19.9. The maximum absolute atomic E-state index is 13.1. The van der Waals surface area contributed by atoms with Crippen LogP contribution in [0.3, 0.4) is 0 Å². The molecule has 7 nitrogen and oxygen atoms in total. The van der Waals surface area contributed by atoms with Gasteiger partial charge in [0.15, 0.2) is 6.04 Å². The lowest BCUT2D eigenvalue weighted by Crippen LogP contribution is -2.60. The number of hydrogen-bond donors (Lipinski definition) is 2. The molecule has 142 valence electrons. The molecule has 2 rings (SSSR count). The van der Waals surface area contributed by atoms with E-state index in [1.54, 1.807) is 6.92 Å². The summed E-state index contributed by atoms with van der Waals surface area (Å²) in [5.41, 5.74) is 0.225. The fourth-order valence-corrected chi connectivity index (χ4v) is 3.28. The van der Waals surface area contributed by atoms with Crippen LogP contribution in [0.5, 0.6) is 0 Å². The van der Waals surface area contributed by atoms with Crippen LogP contribution in [-0.4, -0.2) is 49.2 Å². The van der Waals surface area contributed by atoms with Crippen molar-refractivity contribution in [3.05, 3.63) is 35.9 Å². The summed E-state index contributed by atoms with van der Waals surface area (Å²) in [6, 6.07) is 8.65. The Kier molecular flexibility index (Phi) is 6.74. The standard InChI is InChI=1S/C19H26N2O5/c1-13(26-14(2)22)16(17(23)25-3)21-18(24)19(10-7-11-20-19)12-15-8-5-4-6-9-15/h4-6,8-9,13,16,20H,7,10-12H2,1-3H3,(H,21,24)/t13-,16+,19+/m1/s1. The van der Waals surface area contributed by atoms with Crippen LogP contribution in [0.25, 0.3) is 0 Å². The molecule has 1 aromatic carbocycles. The van der Waals surface area contributed by atoms with Gasteiger partial charge in [-0.25, -0.2) is 4.79 Å². The average molecular weight is 362 g/mol. The van der Waals surface area contributed by atoms with Gasteiger partial charge >= 0.3 is 11.9 Å². The number of ether oxygens (including phenoxy) is 2. The minimum Gasteiger partial charge on any atom is -0.467 e. The Morgan fingerprint density at radius 2 is 1.96 bits per heavy atom. The lowest BCUT2D eigenvalue weighted by molar-refractivity contribution is -0.156. The average Bonchev–Trinajstić information content (AvgIpc) is 3.08. The van der Waals surface area contributed by atoms with Crippen LogP contribution in [-0.2, 0) is 30.3 Å². The summed E-state index contributed by atoms with van der Waals surface area (Å²) in [6.07, 6.45) is 1.20. The number of benzene rings is 1. The molecule has 0 unspecified atom stereocenters.